The van der Waals surface area contributed by atoms with Gasteiger partial charge in [0.2, 0.25) is 0 Å². The number of hydrogen-bond donors (Lipinski definition) is 1. The molecule has 4 nitrogen and oxygen atoms in total. The Labute approximate surface area is 109 Å². The van der Waals surface area contributed by atoms with E-state index in [0.717, 1.165) is 58.2 Å². The van der Waals surface area contributed by atoms with Gasteiger partial charge in [-0.2, -0.15) is 0 Å². The molecule has 0 aliphatic carbocycles. The Hall–Kier alpha value is -0.450. The van der Waals surface area contributed by atoms with E-state index in [9.17, 15) is 9.90 Å². The molecule has 2 aliphatic rings. The minimum absolute atomic E-state index is 0.204. The van der Waals surface area contributed by atoms with Crippen molar-refractivity contribution in [3.63, 3.8) is 0 Å². The van der Waals surface area contributed by atoms with E-state index >= 15 is 0 Å². The van der Waals surface area contributed by atoms with Crippen LogP contribution in [0.25, 0.3) is 0 Å². The van der Waals surface area contributed by atoms with Gasteiger partial charge in [0.15, 0.2) is 0 Å². The van der Waals surface area contributed by atoms with Gasteiger partial charge in [0.1, 0.15) is 6.29 Å². The van der Waals surface area contributed by atoms with Crippen LogP contribution in [0.5, 0.6) is 0 Å². The summed E-state index contributed by atoms with van der Waals surface area (Å²) in [6, 6.07) is 0. The summed E-state index contributed by atoms with van der Waals surface area (Å²) >= 11 is 0. The van der Waals surface area contributed by atoms with E-state index in [1.165, 1.54) is 0 Å². The van der Waals surface area contributed by atoms with Crippen molar-refractivity contribution < 1.29 is 14.6 Å². The molecule has 2 atom stereocenters. The van der Waals surface area contributed by atoms with Gasteiger partial charge in [-0.3, -0.25) is 0 Å². The van der Waals surface area contributed by atoms with E-state index in [-0.39, 0.29) is 11.5 Å². The number of carbonyl (C=O) groups is 1. The molecule has 2 saturated heterocycles. The highest BCUT2D eigenvalue weighted by Gasteiger charge is 2.35. The van der Waals surface area contributed by atoms with Crippen LogP contribution in [0.3, 0.4) is 0 Å². The Morgan fingerprint density at radius 3 is 2.72 bits per heavy atom. The number of carbonyl (C=O) groups excluding carboxylic acids is 1. The average molecular weight is 255 g/mol. The standard InChI is InChI=1S/C14H25NO3/c1-12(17)13-3-6-15(7-4-13)9-14(10-16)5-2-8-18-11-14/h10,12-13,17H,2-9,11H2,1H3. The van der Waals surface area contributed by atoms with Gasteiger partial charge in [0.25, 0.3) is 0 Å². The molecule has 2 heterocycles. The van der Waals surface area contributed by atoms with Gasteiger partial charge in [-0.05, 0) is 51.6 Å². The summed E-state index contributed by atoms with van der Waals surface area (Å²) in [7, 11) is 0. The maximum atomic E-state index is 11.4. The van der Waals surface area contributed by atoms with Gasteiger partial charge in [-0.15, -0.1) is 0 Å². The van der Waals surface area contributed by atoms with Crippen molar-refractivity contribution in [1.29, 1.82) is 0 Å². The van der Waals surface area contributed by atoms with Crippen LogP contribution in [-0.2, 0) is 9.53 Å². The molecule has 0 amide bonds. The fourth-order valence-corrected chi connectivity index (χ4v) is 3.17. The van der Waals surface area contributed by atoms with Crippen LogP contribution in [-0.4, -0.2) is 55.2 Å². The zero-order chi connectivity index (χ0) is 13.0. The molecule has 4 heteroatoms. The fraction of sp³-hybridized carbons (Fsp3) is 0.929. The van der Waals surface area contributed by atoms with Crippen molar-refractivity contribution in [2.24, 2.45) is 11.3 Å². The second-order valence-electron chi connectivity index (χ2n) is 5.99. The number of rotatable bonds is 4. The summed E-state index contributed by atoms with van der Waals surface area (Å²) in [6.07, 6.45) is 4.91. The molecule has 0 aromatic rings. The Kier molecular flexibility index (Phi) is 4.76. The van der Waals surface area contributed by atoms with Gasteiger partial charge in [-0.25, -0.2) is 0 Å². The third-order valence-corrected chi connectivity index (χ3v) is 4.46. The summed E-state index contributed by atoms with van der Waals surface area (Å²) in [5.41, 5.74) is -0.282. The van der Waals surface area contributed by atoms with Crippen molar-refractivity contribution in [1.82, 2.24) is 4.90 Å². The Morgan fingerprint density at radius 2 is 2.22 bits per heavy atom. The topological polar surface area (TPSA) is 49.8 Å². The second kappa shape index (κ2) is 6.13. The smallest absolute Gasteiger partial charge is 0.129 e. The van der Waals surface area contributed by atoms with Crippen molar-refractivity contribution in [2.45, 2.75) is 38.7 Å². The molecular weight excluding hydrogens is 230 g/mol. The Balaban J connectivity index is 1.84. The number of aliphatic hydroxyl groups excluding tert-OH is 1. The molecule has 2 rings (SSSR count). The van der Waals surface area contributed by atoms with E-state index in [0.29, 0.717) is 12.5 Å². The summed E-state index contributed by atoms with van der Waals surface area (Å²) < 4.78 is 5.48. The van der Waals surface area contributed by atoms with Gasteiger partial charge in [-0.1, -0.05) is 0 Å². The highest BCUT2D eigenvalue weighted by molar-refractivity contribution is 5.60. The van der Waals surface area contributed by atoms with Crippen molar-refractivity contribution in [3.8, 4) is 0 Å². The van der Waals surface area contributed by atoms with Gasteiger partial charge in [0.05, 0.1) is 18.1 Å². The number of likely N-dealkylation sites (tertiary alicyclic amines) is 1. The first-order valence-electron chi connectivity index (χ1n) is 7.10. The monoisotopic (exact) mass is 255 g/mol. The lowest BCUT2D eigenvalue weighted by Crippen LogP contribution is -2.47. The predicted molar refractivity (Wildman–Crippen MR) is 69.4 cm³/mol. The number of nitrogens with zero attached hydrogens (tertiary/aromatic N) is 1. The summed E-state index contributed by atoms with van der Waals surface area (Å²) in [5.74, 6) is 0.427. The van der Waals surface area contributed by atoms with Gasteiger partial charge >= 0.3 is 0 Å². The van der Waals surface area contributed by atoms with Crippen LogP contribution in [0.4, 0.5) is 0 Å². The molecule has 0 aromatic heterocycles. The first-order valence-corrected chi connectivity index (χ1v) is 7.10. The molecular formula is C14H25NO3. The van der Waals surface area contributed by atoms with Crippen LogP contribution in [0.15, 0.2) is 0 Å². The number of aldehydes is 1. The zero-order valence-corrected chi connectivity index (χ0v) is 11.3. The second-order valence-corrected chi connectivity index (χ2v) is 5.99. The third kappa shape index (κ3) is 3.31. The molecule has 18 heavy (non-hydrogen) atoms. The van der Waals surface area contributed by atoms with E-state index in [1.54, 1.807) is 0 Å². The predicted octanol–water partition coefficient (Wildman–Crippen LogP) is 1.07. The van der Waals surface area contributed by atoms with Crippen molar-refractivity contribution in [2.75, 3.05) is 32.8 Å². The molecule has 0 saturated carbocycles. The molecule has 0 bridgehead atoms. The lowest BCUT2D eigenvalue weighted by atomic mass is 9.82. The SMILES string of the molecule is CC(O)C1CCN(CC2(C=O)CCCOC2)CC1. The van der Waals surface area contributed by atoms with Crippen molar-refractivity contribution >= 4 is 6.29 Å². The molecule has 1 N–H and O–H groups in total. The lowest BCUT2D eigenvalue weighted by molar-refractivity contribution is -0.126. The van der Waals surface area contributed by atoms with Crippen LogP contribution in [0.1, 0.15) is 32.6 Å². The van der Waals surface area contributed by atoms with Crippen molar-refractivity contribution in [3.05, 3.63) is 0 Å². The molecule has 2 aliphatic heterocycles. The Bertz CT molecular complexity index is 266. The first-order chi connectivity index (χ1) is 8.65. The number of piperidine rings is 1. The normalized spacial score (nSPS) is 33.2. The number of aliphatic hydroxyl groups is 1. The third-order valence-electron chi connectivity index (χ3n) is 4.46. The van der Waals surface area contributed by atoms with E-state index in [2.05, 4.69) is 4.90 Å². The Morgan fingerprint density at radius 1 is 1.50 bits per heavy atom. The summed E-state index contributed by atoms with van der Waals surface area (Å²) in [5, 5.41) is 9.59. The molecule has 0 aromatic carbocycles. The minimum Gasteiger partial charge on any atom is -0.393 e. The van der Waals surface area contributed by atoms with Crippen LogP contribution in [0, 0.1) is 11.3 Å². The molecule has 2 fully saturated rings. The first kappa shape index (κ1) is 14.0. The number of ether oxygens (including phenoxy) is 1. The quantitative estimate of drug-likeness (QED) is 0.764. The maximum absolute atomic E-state index is 11.4. The molecule has 2 unspecified atom stereocenters. The fourth-order valence-electron chi connectivity index (χ4n) is 3.17. The molecule has 104 valence electrons. The number of hydrogen-bond acceptors (Lipinski definition) is 4. The van der Waals surface area contributed by atoms with Gasteiger partial charge in [0, 0.05) is 13.2 Å². The van der Waals surface area contributed by atoms with E-state index in [1.807, 2.05) is 6.92 Å². The highest BCUT2D eigenvalue weighted by atomic mass is 16.5. The highest BCUT2D eigenvalue weighted by Crippen LogP contribution is 2.29. The zero-order valence-electron chi connectivity index (χ0n) is 11.3. The summed E-state index contributed by atoms with van der Waals surface area (Å²) in [4.78, 5) is 13.7. The van der Waals surface area contributed by atoms with E-state index in [4.69, 9.17) is 4.74 Å². The lowest BCUT2D eigenvalue weighted by Gasteiger charge is -2.40. The largest absolute Gasteiger partial charge is 0.393 e. The van der Waals surface area contributed by atoms with E-state index < -0.39 is 0 Å². The minimum atomic E-state index is -0.282. The van der Waals surface area contributed by atoms with Crippen LogP contribution in [0.2, 0.25) is 0 Å². The van der Waals surface area contributed by atoms with Gasteiger partial charge < -0.3 is 19.5 Å². The molecule has 0 spiro atoms. The maximum Gasteiger partial charge on any atom is 0.129 e. The molecule has 0 radical (unpaired) electrons. The summed E-state index contributed by atoms with van der Waals surface area (Å²) in [6.45, 7) is 6.05. The van der Waals surface area contributed by atoms with Crippen LogP contribution < -0.4 is 0 Å². The average Bonchev–Trinajstić information content (AvgIpc) is 2.40. The van der Waals surface area contributed by atoms with Crippen LogP contribution >= 0.6 is 0 Å².